The number of hydrogen-bond donors (Lipinski definition) is 3. The lowest BCUT2D eigenvalue weighted by molar-refractivity contribution is 0.121. The molecule has 0 fully saturated rings. The first-order chi connectivity index (χ1) is 8.16. The van der Waals surface area contributed by atoms with Crippen LogP contribution in [0, 0.1) is 5.92 Å². The van der Waals surface area contributed by atoms with Crippen molar-refractivity contribution in [2.45, 2.75) is 46.3 Å². The second-order valence-corrected chi connectivity index (χ2v) is 6.13. The number of aliphatic hydroxyl groups excluding tert-OH is 1. The van der Waals surface area contributed by atoms with Crippen molar-refractivity contribution >= 4 is 16.3 Å². The average Bonchev–Trinajstić information content (AvgIpc) is 2.12. The third-order valence-corrected chi connectivity index (χ3v) is 2.94. The van der Waals surface area contributed by atoms with Crippen LogP contribution in [0.1, 0.15) is 34.1 Å². The molecule has 3 N–H and O–H groups in total. The molecular formula is C10H22N2O5S. The van der Waals surface area contributed by atoms with Gasteiger partial charge >= 0.3 is 16.3 Å². The fraction of sp³-hybridized carbons (Fsp3) is 0.900. The average molecular weight is 282 g/mol. The lowest BCUT2D eigenvalue weighted by Gasteiger charge is -2.18. The van der Waals surface area contributed by atoms with E-state index < -0.39 is 28.4 Å². The van der Waals surface area contributed by atoms with Crippen LogP contribution in [0.3, 0.4) is 0 Å². The summed E-state index contributed by atoms with van der Waals surface area (Å²) in [6.07, 6.45) is -0.986. The SMILES string of the molecule is CC(C)CC(CO)NS(=O)(=O)NC(=O)OC(C)C. The zero-order chi connectivity index (χ0) is 14.3. The molecule has 0 spiro atoms. The standard InChI is InChI=1S/C10H22N2O5S/c1-7(2)5-9(6-13)11-18(15,16)12-10(14)17-8(3)4/h7-9,11,13H,5-6H2,1-4H3,(H,12,14). The third kappa shape index (κ3) is 8.26. The van der Waals surface area contributed by atoms with Crippen LogP contribution in [0.4, 0.5) is 4.79 Å². The number of aliphatic hydroxyl groups is 1. The molecule has 0 heterocycles. The van der Waals surface area contributed by atoms with Gasteiger partial charge in [0.15, 0.2) is 0 Å². The maximum atomic E-state index is 11.5. The van der Waals surface area contributed by atoms with Gasteiger partial charge in [-0.15, -0.1) is 0 Å². The summed E-state index contributed by atoms with van der Waals surface area (Å²) in [4.78, 5) is 11.1. The van der Waals surface area contributed by atoms with Crippen molar-refractivity contribution < 1.29 is 23.1 Å². The Kier molecular flexibility index (Phi) is 7.19. The largest absolute Gasteiger partial charge is 0.446 e. The molecule has 18 heavy (non-hydrogen) atoms. The lowest BCUT2D eigenvalue weighted by atomic mass is 10.1. The molecule has 1 amide bonds. The zero-order valence-electron chi connectivity index (χ0n) is 11.1. The van der Waals surface area contributed by atoms with Gasteiger partial charge in [-0.05, 0) is 26.2 Å². The van der Waals surface area contributed by atoms with Gasteiger partial charge in [-0.3, -0.25) is 0 Å². The van der Waals surface area contributed by atoms with Gasteiger partial charge in [0.05, 0.1) is 12.7 Å². The molecule has 0 radical (unpaired) electrons. The maximum absolute atomic E-state index is 11.5. The number of ether oxygens (including phenoxy) is 1. The van der Waals surface area contributed by atoms with Crippen LogP contribution < -0.4 is 9.44 Å². The quantitative estimate of drug-likeness (QED) is 0.625. The van der Waals surface area contributed by atoms with Gasteiger partial charge in [-0.1, -0.05) is 13.8 Å². The minimum atomic E-state index is -4.02. The van der Waals surface area contributed by atoms with E-state index in [1.165, 1.54) is 0 Å². The van der Waals surface area contributed by atoms with Crippen molar-refractivity contribution in [3.63, 3.8) is 0 Å². The van der Waals surface area contributed by atoms with E-state index in [0.29, 0.717) is 6.42 Å². The van der Waals surface area contributed by atoms with Gasteiger partial charge in [-0.25, -0.2) is 9.52 Å². The number of carbonyl (C=O) groups is 1. The Morgan fingerprint density at radius 3 is 2.22 bits per heavy atom. The highest BCUT2D eigenvalue weighted by Crippen LogP contribution is 2.05. The Morgan fingerprint density at radius 2 is 1.83 bits per heavy atom. The highest BCUT2D eigenvalue weighted by molar-refractivity contribution is 7.88. The zero-order valence-corrected chi connectivity index (χ0v) is 12.0. The molecule has 0 aromatic carbocycles. The molecule has 0 saturated heterocycles. The molecule has 1 unspecified atom stereocenters. The lowest BCUT2D eigenvalue weighted by Crippen LogP contribution is -2.47. The Hall–Kier alpha value is -0.860. The summed E-state index contributed by atoms with van der Waals surface area (Å²) in [7, 11) is -4.02. The van der Waals surface area contributed by atoms with Gasteiger partial charge in [0.1, 0.15) is 0 Å². The van der Waals surface area contributed by atoms with Gasteiger partial charge < -0.3 is 9.84 Å². The number of carbonyl (C=O) groups excluding carboxylic acids is 1. The van der Waals surface area contributed by atoms with Crippen molar-refractivity contribution in [3.8, 4) is 0 Å². The molecule has 0 aliphatic carbocycles. The van der Waals surface area contributed by atoms with E-state index in [1.807, 2.05) is 13.8 Å². The van der Waals surface area contributed by atoms with E-state index in [1.54, 1.807) is 18.6 Å². The van der Waals surface area contributed by atoms with Crippen molar-refractivity contribution in [3.05, 3.63) is 0 Å². The summed E-state index contributed by atoms with van der Waals surface area (Å²) in [5.74, 6) is 0.215. The van der Waals surface area contributed by atoms with Crippen molar-refractivity contribution in [1.82, 2.24) is 9.44 Å². The summed E-state index contributed by atoms with van der Waals surface area (Å²) >= 11 is 0. The van der Waals surface area contributed by atoms with E-state index in [-0.39, 0.29) is 12.5 Å². The van der Waals surface area contributed by atoms with Gasteiger partial charge in [0, 0.05) is 6.04 Å². The topological polar surface area (TPSA) is 105 Å². The van der Waals surface area contributed by atoms with Gasteiger partial charge in [0.2, 0.25) is 0 Å². The highest BCUT2D eigenvalue weighted by Gasteiger charge is 2.21. The fourth-order valence-electron chi connectivity index (χ4n) is 1.33. The monoisotopic (exact) mass is 282 g/mol. The summed E-state index contributed by atoms with van der Waals surface area (Å²) < 4.78 is 31.6. The Labute approximate surface area is 108 Å². The highest BCUT2D eigenvalue weighted by atomic mass is 32.2. The molecule has 0 saturated carbocycles. The first-order valence-electron chi connectivity index (χ1n) is 5.77. The molecule has 0 bridgehead atoms. The van der Waals surface area contributed by atoms with Crippen LogP contribution >= 0.6 is 0 Å². The molecule has 7 nitrogen and oxygen atoms in total. The van der Waals surface area contributed by atoms with Gasteiger partial charge in [0.25, 0.3) is 0 Å². The van der Waals surface area contributed by atoms with Crippen LogP contribution in [-0.2, 0) is 14.9 Å². The third-order valence-electron chi connectivity index (χ3n) is 1.86. The number of amides is 1. The Balaban J connectivity index is 4.41. The van der Waals surface area contributed by atoms with Crippen LogP contribution in [0.2, 0.25) is 0 Å². The number of rotatable bonds is 7. The molecular weight excluding hydrogens is 260 g/mol. The van der Waals surface area contributed by atoms with E-state index >= 15 is 0 Å². The van der Waals surface area contributed by atoms with Crippen molar-refractivity contribution in [2.24, 2.45) is 5.92 Å². The summed E-state index contributed by atoms with van der Waals surface area (Å²) in [6, 6.07) is -0.630. The molecule has 0 aliphatic heterocycles. The van der Waals surface area contributed by atoms with Crippen LogP contribution in [0.5, 0.6) is 0 Å². The molecule has 8 heteroatoms. The molecule has 108 valence electrons. The Bertz CT molecular complexity index is 353. The maximum Gasteiger partial charge on any atom is 0.422 e. The first-order valence-corrected chi connectivity index (χ1v) is 7.26. The summed E-state index contributed by atoms with van der Waals surface area (Å²) in [5, 5.41) is 9.05. The van der Waals surface area contributed by atoms with E-state index in [9.17, 15) is 13.2 Å². The van der Waals surface area contributed by atoms with Crippen LogP contribution in [0.25, 0.3) is 0 Å². The van der Waals surface area contributed by atoms with Crippen molar-refractivity contribution in [1.29, 1.82) is 0 Å². The smallest absolute Gasteiger partial charge is 0.422 e. The van der Waals surface area contributed by atoms with Crippen molar-refractivity contribution in [2.75, 3.05) is 6.61 Å². The summed E-state index contributed by atoms with van der Waals surface area (Å²) in [6.45, 7) is 6.68. The molecule has 0 rings (SSSR count). The molecule has 0 aromatic rings. The predicted octanol–water partition coefficient (Wildman–Crippen LogP) is 0.362. The summed E-state index contributed by atoms with van der Waals surface area (Å²) in [5.41, 5.74) is 0. The first kappa shape index (κ1) is 17.1. The van der Waals surface area contributed by atoms with E-state index in [0.717, 1.165) is 0 Å². The van der Waals surface area contributed by atoms with Crippen LogP contribution in [0.15, 0.2) is 0 Å². The Morgan fingerprint density at radius 1 is 1.28 bits per heavy atom. The minimum Gasteiger partial charge on any atom is -0.446 e. The number of hydrogen-bond acceptors (Lipinski definition) is 5. The fourth-order valence-corrected chi connectivity index (χ4v) is 2.26. The van der Waals surface area contributed by atoms with E-state index in [2.05, 4.69) is 9.46 Å². The second kappa shape index (κ2) is 7.55. The minimum absolute atomic E-state index is 0.215. The number of nitrogens with one attached hydrogen (secondary N) is 2. The van der Waals surface area contributed by atoms with Gasteiger partial charge in [-0.2, -0.15) is 13.1 Å². The molecule has 1 atom stereocenters. The second-order valence-electron chi connectivity index (χ2n) is 4.69. The predicted molar refractivity (Wildman–Crippen MR) is 67.1 cm³/mol. The molecule has 0 aliphatic rings. The normalized spacial score (nSPS) is 13.7. The van der Waals surface area contributed by atoms with E-state index in [4.69, 9.17) is 5.11 Å². The molecule has 0 aromatic heterocycles. The van der Waals surface area contributed by atoms with Crippen LogP contribution in [-0.4, -0.2) is 38.4 Å².